The number of hydrogen-bond acceptors (Lipinski definition) is 2. The van der Waals surface area contributed by atoms with Crippen molar-refractivity contribution in [2.75, 3.05) is 6.54 Å². The summed E-state index contributed by atoms with van der Waals surface area (Å²) in [7, 11) is 0. The van der Waals surface area contributed by atoms with Gasteiger partial charge in [0.1, 0.15) is 0 Å². The summed E-state index contributed by atoms with van der Waals surface area (Å²) < 4.78 is 0. The molecule has 0 saturated heterocycles. The molecule has 1 unspecified atom stereocenters. The Morgan fingerprint density at radius 1 is 0.950 bits per heavy atom. The standard InChI is InChI=1S/C18H32N2/c1-3-5-6-7-8-9-10-18(20-13-4-2)16-17-11-14-19-15-12-17/h11-12,14-15,18,20H,3-10,13,16H2,1-2H3. The van der Waals surface area contributed by atoms with Crippen LogP contribution in [0.3, 0.4) is 0 Å². The lowest BCUT2D eigenvalue weighted by Gasteiger charge is -2.18. The normalized spacial score (nSPS) is 12.5. The van der Waals surface area contributed by atoms with Gasteiger partial charge in [0.25, 0.3) is 0 Å². The first kappa shape index (κ1) is 17.2. The summed E-state index contributed by atoms with van der Waals surface area (Å²) in [6.07, 6.45) is 15.7. The molecule has 1 N–H and O–H groups in total. The topological polar surface area (TPSA) is 24.9 Å². The lowest BCUT2D eigenvalue weighted by Crippen LogP contribution is -2.31. The smallest absolute Gasteiger partial charge is 0.0270 e. The van der Waals surface area contributed by atoms with Crippen molar-refractivity contribution in [1.29, 1.82) is 0 Å². The van der Waals surface area contributed by atoms with Gasteiger partial charge < -0.3 is 5.32 Å². The third kappa shape index (κ3) is 8.31. The SMILES string of the molecule is CCCCCCCCC(Cc1ccncc1)NCCC. The number of rotatable bonds is 12. The molecule has 1 aromatic rings. The summed E-state index contributed by atoms with van der Waals surface area (Å²) in [6, 6.07) is 4.91. The number of nitrogens with one attached hydrogen (secondary N) is 1. The molecule has 0 aromatic carbocycles. The van der Waals surface area contributed by atoms with Gasteiger partial charge in [0.15, 0.2) is 0 Å². The van der Waals surface area contributed by atoms with Crippen molar-refractivity contribution in [2.45, 2.75) is 77.7 Å². The molecule has 2 heteroatoms. The van der Waals surface area contributed by atoms with Crippen LogP contribution in [0.5, 0.6) is 0 Å². The van der Waals surface area contributed by atoms with Crippen LogP contribution in [0.4, 0.5) is 0 Å². The highest BCUT2D eigenvalue weighted by molar-refractivity contribution is 5.11. The number of nitrogens with zero attached hydrogens (tertiary/aromatic N) is 1. The second kappa shape index (κ2) is 11.9. The molecule has 1 atom stereocenters. The number of aromatic nitrogens is 1. The molecule has 0 radical (unpaired) electrons. The molecule has 0 aliphatic heterocycles. The van der Waals surface area contributed by atoms with Gasteiger partial charge in [0, 0.05) is 18.4 Å². The lowest BCUT2D eigenvalue weighted by molar-refractivity contribution is 0.450. The molecule has 0 amide bonds. The van der Waals surface area contributed by atoms with Crippen molar-refractivity contribution < 1.29 is 0 Å². The van der Waals surface area contributed by atoms with Gasteiger partial charge in [-0.25, -0.2) is 0 Å². The molecule has 0 aliphatic rings. The molecular formula is C18H32N2. The Bertz CT molecular complexity index is 310. The molecule has 0 aliphatic carbocycles. The Morgan fingerprint density at radius 3 is 2.35 bits per heavy atom. The molecule has 114 valence electrons. The predicted octanol–water partition coefficient (Wildman–Crippen LogP) is 4.74. The van der Waals surface area contributed by atoms with E-state index in [0.29, 0.717) is 6.04 Å². The van der Waals surface area contributed by atoms with Crippen LogP contribution in [0.1, 0.15) is 70.8 Å². The van der Waals surface area contributed by atoms with E-state index < -0.39 is 0 Å². The highest BCUT2D eigenvalue weighted by Crippen LogP contribution is 2.12. The maximum atomic E-state index is 4.10. The van der Waals surface area contributed by atoms with Crippen molar-refractivity contribution in [1.82, 2.24) is 10.3 Å². The minimum Gasteiger partial charge on any atom is -0.314 e. The third-order valence-electron chi connectivity index (χ3n) is 3.82. The van der Waals surface area contributed by atoms with Crippen molar-refractivity contribution in [3.8, 4) is 0 Å². The van der Waals surface area contributed by atoms with E-state index in [4.69, 9.17) is 0 Å². The first-order chi connectivity index (χ1) is 9.86. The molecule has 0 spiro atoms. The summed E-state index contributed by atoms with van der Waals surface area (Å²) in [5.74, 6) is 0. The molecule has 0 bridgehead atoms. The Balaban J connectivity index is 2.25. The summed E-state index contributed by atoms with van der Waals surface area (Å²) in [6.45, 7) is 5.65. The molecule has 1 aromatic heterocycles. The van der Waals surface area contributed by atoms with E-state index in [0.717, 1.165) is 13.0 Å². The maximum Gasteiger partial charge on any atom is 0.0270 e. The van der Waals surface area contributed by atoms with E-state index in [1.807, 2.05) is 12.4 Å². The van der Waals surface area contributed by atoms with Gasteiger partial charge in [-0.2, -0.15) is 0 Å². The van der Waals surface area contributed by atoms with Gasteiger partial charge in [-0.15, -0.1) is 0 Å². The minimum absolute atomic E-state index is 0.628. The van der Waals surface area contributed by atoms with E-state index in [9.17, 15) is 0 Å². The number of unbranched alkanes of at least 4 members (excludes halogenated alkanes) is 5. The first-order valence-electron chi connectivity index (χ1n) is 8.49. The van der Waals surface area contributed by atoms with Crippen LogP contribution in [0.15, 0.2) is 24.5 Å². The molecule has 0 fully saturated rings. The molecule has 2 nitrogen and oxygen atoms in total. The van der Waals surface area contributed by atoms with Gasteiger partial charge in [-0.1, -0.05) is 52.4 Å². The molecule has 20 heavy (non-hydrogen) atoms. The number of pyridine rings is 1. The summed E-state index contributed by atoms with van der Waals surface area (Å²) in [4.78, 5) is 4.10. The number of hydrogen-bond donors (Lipinski definition) is 1. The van der Waals surface area contributed by atoms with Crippen LogP contribution in [-0.2, 0) is 6.42 Å². The third-order valence-corrected chi connectivity index (χ3v) is 3.82. The van der Waals surface area contributed by atoms with E-state index in [-0.39, 0.29) is 0 Å². The molecule has 0 saturated carbocycles. The molecular weight excluding hydrogens is 244 g/mol. The minimum atomic E-state index is 0.628. The van der Waals surface area contributed by atoms with Crippen molar-refractivity contribution in [2.24, 2.45) is 0 Å². The average molecular weight is 276 g/mol. The van der Waals surface area contributed by atoms with E-state index in [1.54, 1.807) is 0 Å². The second-order valence-corrected chi connectivity index (χ2v) is 5.77. The van der Waals surface area contributed by atoms with E-state index in [1.165, 1.54) is 56.9 Å². The summed E-state index contributed by atoms with van der Waals surface area (Å²) >= 11 is 0. The monoisotopic (exact) mass is 276 g/mol. The van der Waals surface area contributed by atoms with Gasteiger partial charge in [-0.3, -0.25) is 4.98 Å². The van der Waals surface area contributed by atoms with Crippen LogP contribution in [-0.4, -0.2) is 17.6 Å². The highest BCUT2D eigenvalue weighted by Gasteiger charge is 2.08. The second-order valence-electron chi connectivity index (χ2n) is 5.77. The Hall–Kier alpha value is -0.890. The fourth-order valence-electron chi connectivity index (χ4n) is 2.60. The molecule has 1 rings (SSSR count). The average Bonchev–Trinajstić information content (AvgIpc) is 2.49. The maximum absolute atomic E-state index is 4.10. The summed E-state index contributed by atoms with van der Waals surface area (Å²) in [5, 5.41) is 3.70. The fraction of sp³-hybridized carbons (Fsp3) is 0.722. The summed E-state index contributed by atoms with van der Waals surface area (Å²) in [5.41, 5.74) is 1.40. The fourth-order valence-corrected chi connectivity index (χ4v) is 2.60. The van der Waals surface area contributed by atoms with Crippen LogP contribution >= 0.6 is 0 Å². The van der Waals surface area contributed by atoms with E-state index >= 15 is 0 Å². The Labute approximate surface area is 125 Å². The van der Waals surface area contributed by atoms with Gasteiger partial charge >= 0.3 is 0 Å². The zero-order valence-corrected chi connectivity index (χ0v) is 13.4. The van der Waals surface area contributed by atoms with Crippen molar-refractivity contribution in [3.63, 3.8) is 0 Å². The van der Waals surface area contributed by atoms with Crippen LogP contribution in [0, 0.1) is 0 Å². The van der Waals surface area contributed by atoms with Crippen molar-refractivity contribution >= 4 is 0 Å². The Morgan fingerprint density at radius 2 is 1.65 bits per heavy atom. The van der Waals surface area contributed by atoms with Gasteiger partial charge in [0.2, 0.25) is 0 Å². The van der Waals surface area contributed by atoms with E-state index in [2.05, 4.69) is 36.3 Å². The van der Waals surface area contributed by atoms with Gasteiger partial charge in [0.05, 0.1) is 0 Å². The van der Waals surface area contributed by atoms with Crippen LogP contribution in [0.2, 0.25) is 0 Å². The first-order valence-corrected chi connectivity index (χ1v) is 8.49. The van der Waals surface area contributed by atoms with Crippen LogP contribution in [0.25, 0.3) is 0 Å². The van der Waals surface area contributed by atoms with Crippen LogP contribution < -0.4 is 5.32 Å². The lowest BCUT2D eigenvalue weighted by atomic mass is 10.00. The molecule has 1 heterocycles. The highest BCUT2D eigenvalue weighted by atomic mass is 14.9. The van der Waals surface area contributed by atoms with Gasteiger partial charge in [-0.05, 0) is 43.5 Å². The predicted molar refractivity (Wildman–Crippen MR) is 88.0 cm³/mol. The van der Waals surface area contributed by atoms with Crippen molar-refractivity contribution in [3.05, 3.63) is 30.1 Å². The Kier molecular flexibility index (Phi) is 10.2. The zero-order chi connectivity index (χ0) is 14.5. The largest absolute Gasteiger partial charge is 0.314 e. The quantitative estimate of drug-likeness (QED) is 0.558. The zero-order valence-electron chi connectivity index (χ0n) is 13.4.